The molecule has 0 aliphatic rings. The van der Waals surface area contributed by atoms with Crippen LogP contribution < -0.4 is 10.6 Å². The number of nitrogens with zero attached hydrogens (tertiary/aromatic N) is 1. The van der Waals surface area contributed by atoms with Crippen molar-refractivity contribution in [2.24, 2.45) is 4.99 Å². The first-order valence-corrected chi connectivity index (χ1v) is 7.91. The van der Waals surface area contributed by atoms with Crippen LogP contribution in [0.4, 0.5) is 0 Å². The van der Waals surface area contributed by atoms with Gasteiger partial charge in [0.05, 0.1) is 12.3 Å². The average molecular weight is 427 g/mol. The van der Waals surface area contributed by atoms with Gasteiger partial charge < -0.3 is 15.1 Å². The minimum Gasteiger partial charge on any atom is -0.469 e. The third kappa shape index (κ3) is 7.07. The van der Waals surface area contributed by atoms with Gasteiger partial charge >= 0.3 is 0 Å². The van der Waals surface area contributed by atoms with Crippen LogP contribution in [0, 0.1) is 0 Å². The molecule has 1 unspecified atom stereocenters. The molecule has 1 atom stereocenters. The van der Waals surface area contributed by atoms with Crippen molar-refractivity contribution in [1.82, 2.24) is 10.6 Å². The summed E-state index contributed by atoms with van der Waals surface area (Å²) in [4.78, 5) is 4.59. The van der Waals surface area contributed by atoms with Gasteiger partial charge in [0, 0.05) is 19.5 Å². The Balaban J connectivity index is 0.00000264. The van der Waals surface area contributed by atoms with E-state index in [0.29, 0.717) is 0 Å². The molecule has 0 aliphatic heterocycles. The fourth-order valence-electron chi connectivity index (χ4n) is 2.17. The van der Waals surface area contributed by atoms with Crippen LogP contribution >= 0.6 is 24.0 Å². The number of hydrogen-bond donors (Lipinski definition) is 2. The van der Waals surface area contributed by atoms with E-state index >= 15 is 0 Å². The van der Waals surface area contributed by atoms with Crippen LogP contribution in [0.3, 0.4) is 0 Å². The maximum absolute atomic E-state index is 5.35. The number of benzene rings is 1. The van der Waals surface area contributed by atoms with Crippen molar-refractivity contribution in [2.75, 3.05) is 13.1 Å². The van der Waals surface area contributed by atoms with Gasteiger partial charge in [-0.05, 0) is 31.0 Å². The summed E-state index contributed by atoms with van der Waals surface area (Å²) >= 11 is 0. The second-order valence-corrected chi connectivity index (χ2v) is 5.26. The lowest BCUT2D eigenvalue weighted by Gasteiger charge is -2.18. The van der Waals surface area contributed by atoms with Crippen molar-refractivity contribution in [3.63, 3.8) is 0 Å². The number of hydrogen-bond acceptors (Lipinski definition) is 2. The minimum absolute atomic E-state index is 0. The predicted molar refractivity (Wildman–Crippen MR) is 106 cm³/mol. The van der Waals surface area contributed by atoms with Crippen molar-refractivity contribution in [1.29, 1.82) is 0 Å². The van der Waals surface area contributed by atoms with Gasteiger partial charge in [0.2, 0.25) is 0 Å². The largest absolute Gasteiger partial charge is 0.469 e. The van der Waals surface area contributed by atoms with E-state index in [4.69, 9.17) is 4.42 Å². The lowest BCUT2D eigenvalue weighted by Crippen LogP contribution is -2.39. The van der Waals surface area contributed by atoms with Crippen LogP contribution in [-0.2, 0) is 6.42 Å². The fourth-order valence-corrected chi connectivity index (χ4v) is 2.17. The zero-order valence-corrected chi connectivity index (χ0v) is 16.1. The Kier molecular flexibility index (Phi) is 9.43. The van der Waals surface area contributed by atoms with E-state index in [1.807, 2.05) is 18.2 Å². The molecule has 5 heteroatoms. The highest BCUT2D eigenvalue weighted by atomic mass is 127. The third-order valence-electron chi connectivity index (χ3n) is 3.39. The molecule has 0 fully saturated rings. The summed E-state index contributed by atoms with van der Waals surface area (Å²) in [5.41, 5.74) is 1.25. The summed E-state index contributed by atoms with van der Waals surface area (Å²) in [7, 11) is 0. The molecule has 0 saturated heterocycles. The number of nitrogens with one attached hydrogen (secondary N) is 2. The number of rotatable bonds is 7. The van der Waals surface area contributed by atoms with E-state index in [2.05, 4.69) is 53.7 Å². The third-order valence-corrected chi connectivity index (χ3v) is 3.39. The molecule has 1 heterocycles. The Morgan fingerprint density at radius 1 is 1.17 bits per heavy atom. The van der Waals surface area contributed by atoms with Crippen LogP contribution in [0.5, 0.6) is 0 Å². The molecule has 2 rings (SSSR count). The van der Waals surface area contributed by atoms with E-state index in [9.17, 15) is 0 Å². The minimum atomic E-state index is 0. The zero-order chi connectivity index (χ0) is 15.6. The van der Waals surface area contributed by atoms with Gasteiger partial charge in [-0.3, -0.25) is 4.99 Å². The van der Waals surface area contributed by atoms with Crippen molar-refractivity contribution in [3.8, 4) is 0 Å². The number of guanidine groups is 1. The molecule has 0 aliphatic carbocycles. The second kappa shape index (κ2) is 11.1. The van der Waals surface area contributed by atoms with Crippen LogP contribution in [0.25, 0.3) is 0 Å². The molecule has 1 aromatic carbocycles. The van der Waals surface area contributed by atoms with E-state index in [1.54, 1.807) is 6.26 Å². The Bertz CT molecular complexity index is 555. The molecule has 23 heavy (non-hydrogen) atoms. The van der Waals surface area contributed by atoms with Crippen LogP contribution in [0.15, 0.2) is 58.1 Å². The summed E-state index contributed by atoms with van der Waals surface area (Å²) in [5, 5.41) is 6.83. The fraction of sp³-hybridized carbons (Fsp3) is 0.389. The lowest BCUT2D eigenvalue weighted by atomic mass is 10.1. The average Bonchev–Trinajstić information content (AvgIpc) is 3.06. The van der Waals surface area contributed by atoms with Gasteiger partial charge in [-0.25, -0.2) is 0 Å². The number of halogens is 1. The van der Waals surface area contributed by atoms with Gasteiger partial charge in [0.25, 0.3) is 0 Å². The summed E-state index contributed by atoms with van der Waals surface area (Å²) in [6.45, 7) is 5.89. The van der Waals surface area contributed by atoms with Crippen molar-refractivity contribution in [3.05, 3.63) is 60.1 Å². The summed E-state index contributed by atoms with van der Waals surface area (Å²) in [6.07, 6.45) is 3.58. The molecule has 0 saturated carbocycles. The van der Waals surface area contributed by atoms with E-state index < -0.39 is 0 Å². The first-order chi connectivity index (χ1) is 10.8. The molecule has 0 radical (unpaired) electrons. The van der Waals surface area contributed by atoms with Gasteiger partial charge in [-0.1, -0.05) is 37.3 Å². The van der Waals surface area contributed by atoms with Crippen LogP contribution in [0.2, 0.25) is 0 Å². The van der Waals surface area contributed by atoms with Crippen LogP contribution in [0.1, 0.15) is 37.6 Å². The molecule has 2 N–H and O–H groups in total. The molecule has 0 bridgehead atoms. The Hall–Kier alpha value is -1.50. The Labute approximate surface area is 155 Å². The quantitative estimate of drug-likeness (QED) is 0.397. The monoisotopic (exact) mass is 427 g/mol. The van der Waals surface area contributed by atoms with Gasteiger partial charge in [0.1, 0.15) is 5.76 Å². The molecule has 0 amide bonds. The summed E-state index contributed by atoms with van der Waals surface area (Å²) < 4.78 is 5.35. The van der Waals surface area contributed by atoms with Crippen LogP contribution in [-0.4, -0.2) is 19.0 Å². The van der Waals surface area contributed by atoms with E-state index in [0.717, 1.165) is 37.7 Å². The second-order valence-electron chi connectivity index (χ2n) is 5.26. The van der Waals surface area contributed by atoms with Crippen molar-refractivity contribution < 1.29 is 4.42 Å². The number of aliphatic imine (C=N–C) groups is 1. The highest BCUT2D eigenvalue weighted by molar-refractivity contribution is 14.0. The van der Waals surface area contributed by atoms with Crippen molar-refractivity contribution >= 4 is 29.9 Å². The van der Waals surface area contributed by atoms with Gasteiger partial charge in [-0.2, -0.15) is 0 Å². The SMILES string of the molecule is CCCN=C(NCCc1ccco1)NC(C)c1ccccc1.I. The Morgan fingerprint density at radius 3 is 2.61 bits per heavy atom. The predicted octanol–water partition coefficient (Wildman–Crippen LogP) is 4.15. The first-order valence-electron chi connectivity index (χ1n) is 7.91. The Morgan fingerprint density at radius 2 is 1.96 bits per heavy atom. The maximum atomic E-state index is 5.35. The lowest BCUT2D eigenvalue weighted by molar-refractivity contribution is 0.506. The molecule has 2 aromatic rings. The molecule has 0 spiro atoms. The zero-order valence-electron chi connectivity index (χ0n) is 13.8. The summed E-state index contributed by atoms with van der Waals surface area (Å²) in [6, 6.07) is 14.5. The van der Waals surface area contributed by atoms with Gasteiger partial charge in [-0.15, -0.1) is 24.0 Å². The van der Waals surface area contributed by atoms with E-state index in [1.165, 1.54) is 5.56 Å². The van der Waals surface area contributed by atoms with Crippen molar-refractivity contribution in [2.45, 2.75) is 32.7 Å². The highest BCUT2D eigenvalue weighted by Gasteiger charge is 2.07. The normalized spacial score (nSPS) is 12.3. The smallest absolute Gasteiger partial charge is 0.191 e. The molecule has 126 valence electrons. The molecule has 4 nitrogen and oxygen atoms in total. The maximum Gasteiger partial charge on any atom is 0.191 e. The summed E-state index contributed by atoms with van der Waals surface area (Å²) in [5.74, 6) is 1.84. The standard InChI is InChI=1S/C18H25N3O.HI/c1-3-12-19-18(20-13-11-17-10-7-14-22-17)21-15(2)16-8-5-4-6-9-16;/h4-10,14-15H,3,11-13H2,1-2H3,(H2,19,20,21);1H. The van der Waals surface area contributed by atoms with Gasteiger partial charge in [0.15, 0.2) is 5.96 Å². The molecular formula is C18H26IN3O. The van der Waals surface area contributed by atoms with E-state index in [-0.39, 0.29) is 30.0 Å². The highest BCUT2D eigenvalue weighted by Crippen LogP contribution is 2.10. The molecule has 1 aromatic heterocycles. The topological polar surface area (TPSA) is 49.6 Å². The first kappa shape index (κ1) is 19.5. The molecular weight excluding hydrogens is 401 g/mol. The number of furan rings is 1.